The number of guanidine groups is 1. The summed E-state index contributed by atoms with van der Waals surface area (Å²) in [6, 6.07) is 4.67. The molecule has 7 heteroatoms. The summed E-state index contributed by atoms with van der Waals surface area (Å²) < 4.78 is 13.4. The summed E-state index contributed by atoms with van der Waals surface area (Å²) in [5.41, 5.74) is 1.13. The number of aliphatic imine (C=N–C) groups is 1. The van der Waals surface area contributed by atoms with Gasteiger partial charge in [0.15, 0.2) is 5.96 Å². The van der Waals surface area contributed by atoms with Gasteiger partial charge >= 0.3 is 0 Å². The summed E-state index contributed by atoms with van der Waals surface area (Å²) in [4.78, 5) is 20.0. The number of aliphatic hydroxyl groups is 1. The van der Waals surface area contributed by atoms with Crippen LogP contribution in [0.5, 0.6) is 0 Å². The van der Waals surface area contributed by atoms with Gasteiger partial charge in [0.1, 0.15) is 5.82 Å². The van der Waals surface area contributed by atoms with E-state index in [1.54, 1.807) is 19.1 Å². The van der Waals surface area contributed by atoms with Gasteiger partial charge in [0, 0.05) is 45.2 Å². The molecule has 0 unspecified atom stereocenters. The van der Waals surface area contributed by atoms with Crippen LogP contribution in [0.15, 0.2) is 23.2 Å². The highest BCUT2D eigenvalue weighted by atomic mass is 19.1. The van der Waals surface area contributed by atoms with Crippen molar-refractivity contribution in [1.29, 1.82) is 0 Å². The van der Waals surface area contributed by atoms with Crippen molar-refractivity contribution in [2.45, 2.75) is 27.0 Å². The summed E-state index contributed by atoms with van der Waals surface area (Å²) in [5.74, 6) is 0.479. The number of benzene rings is 1. The molecular weight excluding hydrogens is 311 g/mol. The molecule has 1 fully saturated rings. The number of carbonyl (C=O) groups excluding carboxylic acids is 1. The molecule has 2 N–H and O–H groups in total. The van der Waals surface area contributed by atoms with Crippen molar-refractivity contribution in [3.05, 3.63) is 35.1 Å². The van der Waals surface area contributed by atoms with Crippen molar-refractivity contribution in [3.8, 4) is 0 Å². The van der Waals surface area contributed by atoms with Crippen LogP contribution in [0.2, 0.25) is 0 Å². The van der Waals surface area contributed by atoms with E-state index in [0.29, 0.717) is 19.6 Å². The molecule has 1 aliphatic rings. The molecule has 2 rings (SSSR count). The monoisotopic (exact) mass is 336 g/mol. The van der Waals surface area contributed by atoms with Gasteiger partial charge < -0.3 is 20.2 Å². The summed E-state index contributed by atoms with van der Waals surface area (Å²) in [6.45, 7) is 7.25. The third-order valence-electron chi connectivity index (χ3n) is 4.05. The third-order valence-corrected chi connectivity index (χ3v) is 4.05. The van der Waals surface area contributed by atoms with Crippen molar-refractivity contribution in [1.82, 2.24) is 15.1 Å². The molecule has 1 amide bonds. The van der Waals surface area contributed by atoms with Crippen LogP contribution in [-0.4, -0.2) is 59.5 Å². The molecule has 0 aliphatic carbocycles. The highest BCUT2D eigenvalue weighted by Gasteiger charge is 2.20. The first-order valence-corrected chi connectivity index (χ1v) is 8.22. The van der Waals surface area contributed by atoms with Gasteiger partial charge in [-0.25, -0.2) is 9.38 Å². The van der Waals surface area contributed by atoms with Gasteiger partial charge in [-0.05, 0) is 24.6 Å². The Morgan fingerprint density at radius 1 is 1.29 bits per heavy atom. The van der Waals surface area contributed by atoms with Crippen LogP contribution >= 0.6 is 0 Å². The standard InChI is InChI=1S/C17H25FN4O2/c1-3-19-17(22-8-6-21(7-9-22)13(2)24)20-11-14-4-5-16(18)15(10-14)12-23/h4-5,10,23H,3,6-9,11-12H2,1-2H3,(H,19,20). The van der Waals surface area contributed by atoms with E-state index in [0.717, 1.165) is 31.2 Å². The molecule has 1 saturated heterocycles. The molecule has 1 aliphatic heterocycles. The molecule has 1 aromatic carbocycles. The fraction of sp³-hybridized carbons (Fsp3) is 0.529. The Balaban J connectivity index is 2.04. The average molecular weight is 336 g/mol. The predicted octanol–water partition coefficient (Wildman–Crippen LogP) is 0.948. The highest BCUT2D eigenvalue weighted by Crippen LogP contribution is 2.12. The van der Waals surface area contributed by atoms with Gasteiger partial charge in [-0.15, -0.1) is 0 Å². The maximum absolute atomic E-state index is 13.4. The Labute approximate surface area is 142 Å². The van der Waals surface area contributed by atoms with Crippen LogP contribution in [0.1, 0.15) is 25.0 Å². The molecule has 1 heterocycles. The number of carbonyl (C=O) groups is 1. The minimum Gasteiger partial charge on any atom is -0.392 e. The quantitative estimate of drug-likeness (QED) is 0.634. The smallest absolute Gasteiger partial charge is 0.219 e. The highest BCUT2D eigenvalue weighted by molar-refractivity contribution is 5.80. The molecule has 1 aromatic rings. The number of nitrogens with zero attached hydrogens (tertiary/aromatic N) is 3. The Morgan fingerprint density at radius 3 is 2.54 bits per heavy atom. The lowest BCUT2D eigenvalue weighted by molar-refractivity contribution is -0.130. The summed E-state index contributed by atoms with van der Waals surface area (Å²) in [7, 11) is 0. The average Bonchev–Trinajstić information content (AvgIpc) is 2.59. The van der Waals surface area contributed by atoms with Crippen LogP contribution in [-0.2, 0) is 17.9 Å². The molecule has 0 aromatic heterocycles. The van der Waals surface area contributed by atoms with Crippen molar-refractivity contribution in [2.75, 3.05) is 32.7 Å². The lowest BCUT2D eigenvalue weighted by Gasteiger charge is -2.36. The molecule has 0 radical (unpaired) electrons. The minimum atomic E-state index is -0.405. The SMILES string of the molecule is CCNC(=NCc1ccc(F)c(CO)c1)N1CCN(C(C)=O)CC1. The minimum absolute atomic E-state index is 0.0967. The van der Waals surface area contributed by atoms with Gasteiger partial charge in [0.05, 0.1) is 13.2 Å². The molecular formula is C17H25FN4O2. The summed E-state index contributed by atoms with van der Waals surface area (Å²) in [6.07, 6.45) is 0. The van der Waals surface area contributed by atoms with E-state index in [2.05, 4.69) is 15.2 Å². The lowest BCUT2D eigenvalue weighted by Crippen LogP contribution is -2.53. The third kappa shape index (κ3) is 4.67. The number of nitrogens with one attached hydrogen (secondary N) is 1. The van der Waals surface area contributed by atoms with Crippen LogP contribution in [0, 0.1) is 5.82 Å². The predicted molar refractivity (Wildman–Crippen MR) is 91.0 cm³/mol. The van der Waals surface area contributed by atoms with E-state index in [9.17, 15) is 9.18 Å². The van der Waals surface area contributed by atoms with Gasteiger partial charge in [-0.2, -0.15) is 0 Å². The first-order valence-electron chi connectivity index (χ1n) is 8.22. The zero-order valence-corrected chi connectivity index (χ0v) is 14.3. The van der Waals surface area contributed by atoms with Gasteiger partial charge in [0.2, 0.25) is 5.91 Å². The van der Waals surface area contributed by atoms with Crippen LogP contribution in [0.4, 0.5) is 4.39 Å². The van der Waals surface area contributed by atoms with E-state index >= 15 is 0 Å². The van der Waals surface area contributed by atoms with E-state index < -0.39 is 5.82 Å². The summed E-state index contributed by atoms with van der Waals surface area (Å²) in [5, 5.41) is 12.4. The molecule has 0 atom stereocenters. The Hall–Kier alpha value is -2.15. The summed E-state index contributed by atoms with van der Waals surface area (Å²) >= 11 is 0. The Morgan fingerprint density at radius 2 is 1.96 bits per heavy atom. The lowest BCUT2D eigenvalue weighted by atomic mass is 10.1. The second-order valence-corrected chi connectivity index (χ2v) is 5.75. The van der Waals surface area contributed by atoms with E-state index in [-0.39, 0.29) is 18.1 Å². The largest absolute Gasteiger partial charge is 0.392 e. The zero-order valence-electron chi connectivity index (χ0n) is 14.3. The van der Waals surface area contributed by atoms with Crippen molar-refractivity contribution in [2.24, 2.45) is 4.99 Å². The number of hydrogen-bond donors (Lipinski definition) is 2. The molecule has 0 saturated carbocycles. The normalized spacial score (nSPS) is 15.6. The van der Waals surface area contributed by atoms with Gasteiger partial charge in [-0.3, -0.25) is 4.79 Å². The van der Waals surface area contributed by atoms with Crippen molar-refractivity contribution < 1.29 is 14.3 Å². The van der Waals surface area contributed by atoms with E-state index in [1.165, 1.54) is 6.07 Å². The number of aliphatic hydroxyl groups excluding tert-OH is 1. The Bertz CT molecular complexity index is 598. The molecule has 132 valence electrons. The van der Waals surface area contributed by atoms with Gasteiger partial charge in [-0.1, -0.05) is 6.07 Å². The molecule has 6 nitrogen and oxygen atoms in total. The first-order chi connectivity index (χ1) is 11.5. The number of piperazine rings is 1. The van der Waals surface area contributed by atoms with E-state index in [4.69, 9.17) is 5.11 Å². The topological polar surface area (TPSA) is 68.2 Å². The first kappa shape index (κ1) is 18.2. The fourth-order valence-corrected chi connectivity index (χ4v) is 2.67. The maximum atomic E-state index is 13.4. The maximum Gasteiger partial charge on any atom is 0.219 e. The fourth-order valence-electron chi connectivity index (χ4n) is 2.67. The Kier molecular flexibility index (Phi) is 6.54. The number of hydrogen-bond acceptors (Lipinski definition) is 3. The molecule has 0 spiro atoms. The van der Waals surface area contributed by atoms with Crippen LogP contribution < -0.4 is 5.32 Å². The zero-order chi connectivity index (χ0) is 17.5. The number of amides is 1. The van der Waals surface area contributed by atoms with Gasteiger partial charge in [0.25, 0.3) is 0 Å². The van der Waals surface area contributed by atoms with Crippen molar-refractivity contribution in [3.63, 3.8) is 0 Å². The number of rotatable bonds is 4. The molecule has 0 bridgehead atoms. The second-order valence-electron chi connectivity index (χ2n) is 5.75. The van der Waals surface area contributed by atoms with Crippen LogP contribution in [0.3, 0.4) is 0 Å². The van der Waals surface area contributed by atoms with E-state index in [1.807, 2.05) is 11.8 Å². The number of halogens is 1. The van der Waals surface area contributed by atoms with Crippen LogP contribution in [0.25, 0.3) is 0 Å². The second kappa shape index (κ2) is 8.63. The molecule has 24 heavy (non-hydrogen) atoms. The van der Waals surface area contributed by atoms with Crippen molar-refractivity contribution >= 4 is 11.9 Å².